The van der Waals surface area contributed by atoms with E-state index in [0.29, 0.717) is 11.1 Å². The number of hydrogen-bond donors (Lipinski definition) is 0. The number of hydrogen-bond acceptors (Lipinski definition) is 2. The van der Waals surface area contributed by atoms with Crippen LogP contribution in [0.1, 0.15) is 36.7 Å². The van der Waals surface area contributed by atoms with Crippen molar-refractivity contribution in [3.8, 4) is 11.1 Å². The van der Waals surface area contributed by atoms with Crippen LogP contribution >= 0.6 is 11.6 Å². The molecule has 2 aromatic heterocycles. The summed E-state index contributed by atoms with van der Waals surface area (Å²) in [6.07, 6.45) is 0. The Balaban J connectivity index is 2.31. The van der Waals surface area contributed by atoms with Gasteiger partial charge in [-0.1, -0.05) is 55.3 Å². The van der Waals surface area contributed by atoms with E-state index in [0.717, 1.165) is 28.2 Å². The quantitative estimate of drug-likeness (QED) is 0.637. The molecule has 0 radical (unpaired) electrons. The second-order valence-corrected chi connectivity index (χ2v) is 6.11. The number of rotatable bonds is 2. The lowest BCUT2D eigenvalue weighted by Crippen LogP contribution is -1.99. The zero-order valence-electron chi connectivity index (χ0n) is 12.7. The third-order valence-electron chi connectivity index (χ3n) is 3.67. The normalized spacial score (nSPS) is 11.5. The molecule has 0 aliphatic rings. The predicted molar refractivity (Wildman–Crippen MR) is 87.0 cm³/mol. The van der Waals surface area contributed by atoms with Gasteiger partial charge >= 0.3 is 0 Å². The summed E-state index contributed by atoms with van der Waals surface area (Å²) in [6.45, 7) is 8.31. The van der Waals surface area contributed by atoms with Gasteiger partial charge in [-0.2, -0.15) is 5.10 Å². The molecule has 0 saturated heterocycles. The van der Waals surface area contributed by atoms with Crippen LogP contribution in [0, 0.1) is 13.8 Å². The predicted octanol–water partition coefficient (Wildman–Crippen LogP) is 4.79. The SMILES string of the molecule is Cc1ccc(-c2c(C)nn3c(Cl)cc(C(C)C)nc23)cc1. The summed E-state index contributed by atoms with van der Waals surface area (Å²) < 4.78 is 1.72. The van der Waals surface area contributed by atoms with Crippen LogP contribution < -0.4 is 0 Å². The lowest BCUT2D eigenvalue weighted by atomic mass is 10.0. The van der Waals surface area contributed by atoms with Crippen LogP contribution in [-0.4, -0.2) is 14.6 Å². The van der Waals surface area contributed by atoms with Crippen molar-refractivity contribution in [2.24, 2.45) is 0 Å². The van der Waals surface area contributed by atoms with Crippen LogP contribution in [0.4, 0.5) is 0 Å². The average molecular weight is 300 g/mol. The van der Waals surface area contributed by atoms with Crippen LogP contribution in [0.15, 0.2) is 30.3 Å². The topological polar surface area (TPSA) is 30.2 Å². The minimum Gasteiger partial charge on any atom is -0.233 e. The first-order chi connectivity index (χ1) is 9.97. The third-order valence-corrected chi connectivity index (χ3v) is 3.94. The zero-order chi connectivity index (χ0) is 15.1. The molecule has 0 N–H and O–H groups in total. The van der Waals surface area contributed by atoms with Crippen molar-refractivity contribution < 1.29 is 0 Å². The fourth-order valence-electron chi connectivity index (χ4n) is 2.46. The number of benzene rings is 1. The fraction of sp³-hybridized carbons (Fsp3) is 0.294. The Bertz CT molecular complexity index is 801. The van der Waals surface area contributed by atoms with E-state index in [1.165, 1.54) is 5.56 Å². The van der Waals surface area contributed by atoms with Gasteiger partial charge in [0.2, 0.25) is 0 Å². The highest BCUT2D eigenvalue weighted by Crippen LogP contribution is 2.30. The molecule has 0 fully saturated rings. The van der Waals surface area contributed by atoms with Crippen LogP contribution in [0.5, 0.6) is 0 Å². The molecule has 0 atom stereocenters. The molecular weight excluding hydrogens is 282 g/mol. The van der Waals surface area contributed by atoms with Gasteiger partial charge in [0.05, 0.1) is 5.69 Å². The Hall–Kier alpha value is -1.87. The molecule has 0 amide bonds. The van der Waals surface area contributed by atoms with Gasteiger partial charge in [0.15, 0.2) is 5.65 Å². The molecule has 21 heavy (non-hydrogen) atoms. The van der Waals surface area contributed by atoms with Gasteiger partial charge in [0.25, 0.3) is 0 Å². The highest BCUT2D eigenvalue weighted by molar-refractivity contribution is 6.29. The summed E-state index contributed by atoms with van der Waals surface area (Å²) in [7, 11) is 0. The molecule has 0 aliphatic carbocycles. The summed E-state index contributed by atoms with van der Waals surface area (Å²) >= 11 is 6.36. The van der Waals surface area contributed by atoms with Crippen molar-refractivity contribution in [3.63, 3.8) is 0 Å². The Labute approximate surface area is 129 Å². The molecule has 3 nitrogen and oxygen atoms in total. The second-order valence-electron chi connectivity index (χ2n) is 5.72. The summed E-state index contributed by atoms with van der Waals surface area (Å²) in [5.74, 6) is 0.327. The van der Waals surface area contributed by atoms with E-state index in [4.69, 9.17) is 16.6 Å². The first kappa shape index (κ1) is 14.1. The number of halogens is 1. The van der Waals surface area contributed by atoms with Crippen molar-refractivity contribution in [1.29, 1.82) is 0 Å². The van der Waals surface area contributed by atoms with Crippen molar-refractivity contribution in [2.45, 2.75) is 33.6 Å². The number of aryl methyl sites for hydroxylation is 2. The van der Waals surface area contributed by atoms with Gasteiger partial charge in [-0.05, 0) is 31.4 Å². The summed E-state index contributed by atoms with van der Waals surface area (Å²) in [5.41, 5.74) is 6.17. The monoisotopic (exact) mass is 299 g/mol. The second kappa shape index (κ2) is 5.15. The minimum atomic E-state index is 0.327. The van der Waals surface area contributed by atoms with Gasteiger partial charge in [-0.3, -0.25) is 0 Å². The average Bonchev–Trinajstić information content (AvgIpc) is 2.77. The maximum absolute atomic E-state index is 6.36. The van der Waals surface area contributed by atoms with E-state index in [2.05, 4.69) is 50.1 Å². The van der Waals surface area contributed by atoms with Crippen molar-refractivity contribution in [1.82, 2.24) is 14.6 Å². The molecule has 0 spiro atoms. The van der Waals surface area contributed by atoms with Gasteiger partial charge in [0.1, 0.15) is 5.15 Å². The molecule has 0 unspecified atom stereocenters. The Morgan fingerprint density at radius 1 is 1.10 bits per heavy atom. The van der Waals surface area contributed by atoms with Gasteiger partial charge in [-0.25, -0.2) is 9.50 Å². The van der Waals surface area contributed by atoms with Crippen LogP contribution in [-0.2, 0) is 0 Å². The molecule has 108 valence electrons. The van der Waals surface area contributed by atoms with Crippen LogP contribution in [0.2, 0.25) is 5.15 Å². The van der Waals surface area contributed by atoms with Crippen LogP contribution in [0.3, 0.4) is 0 Å². The smallest absolute Gasteiger partial charge is 0.165 e. The van der Waals surface area contributed by atoms with Gasteiger partial charge in [0, 0.05) is 11.3 Å². The highest BCUT2D eigenvalue weighted by Gasteiger charge is 2.16. The maximum atomic E-state index is 6.36. The lowest BCUT2D eigenvalue weighted by Gasteiger charge is -2.07. The summed E-state index contributed by atoms with van der Waals surface area (Å²) in [5, 5.41) is 5.14. The van der Waals surface area contributed by atoms with E-state index >= 15 is 0 Å². The van der Waals surface area contributed by atoms with E-state index in [1.54, 1.807) is 4.52 Å². The molecule has 3 rings (SSSR count). The van der Waals surface area contributed by atoms with Crippen molar-refractivity contribution >= 4 is 17.2 Å². The fourth-order valence-corrected chi connectivity index (χ4v) is 2.69. The lowest BCUT2D eigenvalue weighted by molar-refractivity contribution is 0.807. The van der Waals surface area contributed by atoms with Gasteiger partial charge in [-0.15, -0.1) is 0 Å². The first-order valence-electron chi connectivity index (χ1n) is 7.10. The maximum Gasteiger partial charge on any atom is 0.165 e. The molecule has 0 aliphatic heterocycles. The molecule has 0 bridgehead atoms. The number of nitrogens with zero attached hydrogens (tertiary/aromatic N) is 3. The third kappa shape index (κ3) is 2.42. The highest BCUT2D eigenvalue weighted by atomic mass is 35.5. The van der Waals surface area contributed by atoms with E-state index < -0.39 is 0 Å². The van der Waals surface area contributed by atoms with Crippen LogP contribution in [0.25, 0.3) is 16.8 Å². The summed E-state index contributed by atoms with van der Waals surface area (Å²) in [6, 6.07) is 10.3. The Morgan fingerprint density at radius 3 is 2.38 bits per heavy atom. The largest absolute Gasteiger partial charge is 0.233 e. The molecule has 1 aromatic carbocycles. The number of fused-ring (bicyclic) bond motifs is 1. The standard InChI is InChI=1S/C17H18ClN3/c1-10(2)14-9-15(18)21-17(19-14)16(12(4)20-21)13-7-5-11(3)6-8-13/h5-10H,1-4H3. The molecule has 0 saturated carbocycles. The van der Waals surface area contributed by atoms with Crippen molar-refractivity contribution in [2.75, 3.05) is 0 Å². The van der Waals surface area contributed by atoms with E-state index in [1.807, 2.05) is 13.0 Å². The summed E-state index contributed by atoms with van der Waals surface area (Å²) in [4.78, 5) is 4.77. The molecular formula is C17H18ClN3. The molecule has 4 heteroatoms. The minimum absolute atomic E-state index is 0.327. The van der Waals surface area contributed by atoms with E-state index in [9.17, 15) is 0 Å². The van der Waals surface area contributed by atoms with Gasteiger partial charge < -0.3 is 0 Å². The first-order valence-corrected chi connectivity index (χ1v) is 7.48. The number of aromatic nitrogens is 3. The van der Waals surface area contributed by atoms with Crippen molar-refractivity contribution in [3.05, 3.63) is 52.4 Å². The zero-order valence-corrected chi connectivity index (χ0v) is 13.4. The molecule has 2 heterocycles. The Morgan fingerprint density at radius 2 is 1.76 bits per heavy atom. The van der Waals surface area contributed by atoms with E-state index in [-0.39, 0.29) is 0 Å². The molecule has 3 aromatic rings. The Kier molecular flexibility index (Phi) is 3.46.